The van der Waals surface area contributed by atoms with Gasteiger partial charge in [0.2, 0.25) is 0 Å². The summed E-state index contributed by atoms with van der Waals surface area (Å²) in [6.07, 6.45) is 5.84. The normalized spacial score (nSPS) is 14.3. The van der Waals surface area contributed by atoms with Gasteiger partial charge in [0.05, 0.1) is 13.2 Å². The lowest BCUT2D eigenvalue weighted by atomic mass is 9.94. The molecule has 2 aromatic carbocycles. The van der Waals surface area contributed by atoms with Gasteiger partial charge < -0.3 is 19.9 Å². The van der Waals surface area contributed by atoms with E-state index in [1.807, 2.05) is 49.4 Å². The number of rotatable bonds is 6. The maximum atomic E-state index is 12.9. The van der Waals surface area contributed by atoms with Gasteiger partial charge in [0.1, 0.15) is 5.75 Å². The molecule has 3 aromatic rings. The summed E-state index contributed by atoms with van der Waals surface area (Å²) < 4.78 is 5.53. The Labute approximate surface area is 194 Å². The molecule has 1 aliphatic carbocycles. The van der Waals surface area contributed by atoms with Crippen molar-refractivity contribution in [2.45, 2.75) is 58.5 Å². The second-order valence-electron chi connectivity index (χ2n) is 8.52. The second-order valence-corrected chi connectivity index (χ2v) is 8.91. The van der Waals surface area contributed by atoms with Crippen molar-refractivity contribution in [2.24, 2.45) is 0 Å². The van der Waals surface area contributed by atoms with Crippen LogP contribution >= 0.6 is 12.2 Å². The summed E-state index contributed by atoms with van der Waals surface area (Å²) in [4.78, 5) is 18.1. The summed E-state index contributed by atoms with van der Waals surface area (Å²) >= 11 is 5.85. The first-order valence-corrected chi connectivity index (χ1v) is 11.9. The third-order valence-corrected chi connectivity index (χ3v) is 6.45. The van der Waals surface area contributed by atoms with E-state index in [0.29, 0.717) is 24.3 Å². The zero-order valence-electron chi connectivity index (χ0n) is 18.8. The molecule has 32 heavy (non-hydrogen) atoms. The van der Waals surface area contributed by atoms with Gasteiger partial charge in [-0.05, 0) is 86.8 Å². The molecule has 6 heteroatoms. The maximum absolute atomic E-state index is 12.9. The van der Waals surface area contributed by atoms with Crippen LogP contribution in [0.3, 0.4) is 0 Å². The number of hydrogen-bond acceptors (Lipinski definition) is 3. The molecule has 1 aliphatic rings. The molecule has 0 bridgehead atoms. The van der Waals surface area contributed by atoms with E-state index in [1.165, 1.54) is 24.8 Å². The van der Waals surface area contributed by atoms with Crippen molar-refractivity contribution >= 4 is 33.9 Å². The number of hydrogen-bond donors (Lipinski definition) is 2. The van der Waals surface area contributed by atoms with Crippen LogP contribution in [0.5, 0.6) is 5.75 Å². The first-order valence-electron chi connectivity index (χ1n) is 11.5. The van der Waals surface area contributed by atoms with Crippen molar-refractivity contribution in [1.29, 1.82) is 0 Å². The van der Waals surface area contributed by atoms with Crippen molar-refractivity contribution in [2.75, 3.05) is 11.9 Å². The predicted molar refractivity (Wildman–Crippen MR) is 136 cm³/mol. The molecule has 4 rings (SSSR count). The Balaban J connectivity index is 1.59. The van der Waals surface area contributed by atoms with E-state index in [9.17, 15) is 4.79 Å². The molecular formula is C26H31N3O2S. The molecule has 0 spiro atoms. The van der Waals surface area contributed by atoms with Gasteiger partial charge in [-0.1, -0.05) is 30.9 Å². The fourth-order valence-corrected chi connectivity index (χ4v) is 4.76. The zero-order valence-corrected chi connectivity index (χ0v) is 19.6. The number of aryl methyl sites for hydroxylation is 1. The van der Waals surface area contributed by atoms with Crippen LogP contribution in [0.4, 0.5) is 5.69 Å². The fourth-order valence-electron chi connectivity index (χ4n) is 4.43. The van der Waals surface area contributed by atoms with E-state index in [2.05, 4.69) is 28.2 Å². The highest BCUT2D eigenvalue weighted by molar-refractivity contribution is 7.80. The SMILES string of the molecule is CCOc1ccc(NC(=S)N(Cc2cc3cc(C)ccc3[nH]c2=O)C2CCCCC2)cc1. The van der Waals surface area contributed by atoms with Crippen molar-refractivity contribution < 1.29 is 4.74 Å². The molecule has 5 nitrogen and oxygen atoms in total. The topological polar surface area (TPSA) is 57.4 Å². The molecule has 2 N–H and O–H groups in total. The average molecular weight is 450 g/mol. The lowest BCUT2D eigenvalue weighted by molar-refractivity contribution is 0.240. The average Bonchev–Trinajstić information content (AvgIpc) is 2.80. The Hall–Kier alpha value is -2.86. The van der Waals surface area contributed by atoms with Gasteiger partial charge in [0, 0.05) is 22.8 Å². The summed E-state index contributed by atoms with van der Waals surface area (Å²) in [5.74, 6) is 0.839. The van der Waals surface area contributed by atoms with Gasteiger partial charge in [-0.25, -0.2) is 0 Å². The number of fused-ring (bicyclic) bond motifs is 1. The molecule has 1 saturated carbocycles. The number of nitrogens with one attached hydrogen (secondary N) is 2. The number of aromatic nitrogens is 1. The minimum Gasteiger partial charge on any atom is -0.494 e. The Morgan fingerprint density at radius 3 is 2.59 bits per heavy atom. The van der Waals surface area contributed by atoms with Crippen LogP contribution in [-0.2, 0) is 6.54 Å². The largest absolute Gasteiger partial charge is 0.494 e. The number of thiocarbonyl (C=S) groups is 1. The molecule has 0 aliphatic heterocycles. The first-order chi connectivity index (χ1) is 15.5. The van der Waals surface area contributed by atoms with Crippen LogP contribution in [0.15, 0.2) is 53.3 Å². The van der Waals surface area contributed by atoms with E-state index in [4.69, 9.17) is 17.0 Å². The van der Waals surface area contributed by atoms with Gasteiger partial charge in [0.25, 0.3) is 5.56 Å². The second kappa shape index (κ2) is 10.2. The Morgan fingerprint density at radius 2 is 1.88 bits per heavy atom. The molecular weight excluding hydrogens is 418 g/mol. The summed E-state index contributed by atoms with van der Waals surface area (Å²) in [7, 11) is 0. The van der Waals surface area contributed by atoms with Gasteiger partial charge in [-0.2, -0.15) is 0 Å². The monoisotopic (exact) mass is 449 g/mol. The smallest absolute Gasteiger partial charge is 0.253 e. The number of benzene rings is 2. The molecule has 0 unspecified atom stereocenters. The van der Waals surface area contributed by atoms with Crippen LogP contribution in [0.2, 0.25) is 0 Å². The summed E-state index contributed by atoms with van der Waals surface area (Å²) in [5.41, 5.74) is 3.65. The summed E-state index contributed by atoms with van der Waals surface area (Å²) in [6.45, 7) is 5.17. The minimum atomic E-state index is -0.0500. The Morgan fingerprint density at radius 1 is 1.12 bits per heavy atom. The van der Waals surface area contributed by atoms with Gasteiger partial charge in [-0.3, -0.25) is 4.79 Å². The van der Waals surface area contributed by atoms with Crippen molar-refractivity contribution in [1.82, 2.24) is 9.88 Å². The number of H-pyrrole nitrogens is 1. The quantitative estimate of drug-likeness (QED) is 0.468. The zero-order chi connectivity index (χ0) is 22.5. The molecule has 0 saturated heterocycles. The van der Waals surface area contributed by atoms with Crippen LogP contribution in [0.1, 0.15) is 50.2 Å². The lowest BCUT2D eigenvalue weighted by Crippen LogP contribution is -2.44. The van der Waals surface area contributed by atoms with Gasteiger partial charge in [-0.15, -0.1) is 0 Å². The highest BCUT2D eigenvalue weighted by atomic mass is 32.1. The minimum absolute atomic E-state index is 0.0500. The van der Waals surface area contributed by atoms with Crippen LogP contribution in [0.25, 0.3) is 10.9 Å². The Kier molecular flexibility index (Phi) is 7.10. The first kappa shape index (κ1) is 22.3. The molecule has 1 heterocycles. The van der Waals surface area contributed by atoms with Crippen LogP contribution in [-0.4, -0.2) is 27.6 Å². The fraction of sp³-hybridized carbons (Fsp3) is 0.385. The van der Waals surface area contributed by atoms with E-state index >= 15 is 0 Å². The highest BCUT2D eigenvalue weighted by Gasteiger charge is 2.24. The number of anilines is 1. The van der Waals surface area contributed by atoms with E-state index in [1.54, 1.807) is 0 Å². The molecule has 0 atom stereocenters. The molecule has 1 fully saturated rings. The third-order valence-electron chi connectivity index (χ3n) is 6.11. The number of nitrogens with zero attached hydrogens (tertiary/aromatic N) is 1. The van der Waals surface area contributed by atoms with E-state index < -0.39 is 0 Å². The van der Waals surface area contributed by atoms with Crippen molar-refractivity contribution in [3.05, 3.63) is 70.0 Å². The predicted octanol–water partition coefficient (Wildman–Crippen LogP) is 5.77. The Bertz CT molecular complexity index is 1130. The van der Waals surface area contributed by atoms with Crippen molar-refractivity contribution in [3.63, 3.8) is 0 Å². The molecule has 0 amide bonds. The lowest BCUT2D eigenvalue weighted by Gasteiger charge is -2.36. The van der Waals surface area contributed by atoms with Crippen molar-refractivity contribution in [3.8, 4) is 5.75 Å². The summed E-state index contributed by atoms with van der Waals surface area (Å²) in [5, 5.41) is 5.09. The molecule has 168 valence electrons. The summed E-state index contributed by atoms with van der Waals surface area (Å²) in [6, 6.07) is 16.3. The standard InChI is InChI=1S/C26H31N3O2S/c1-3-31-23-12-10-21(11-13-23)27-26(32)29(22-7-5-4-6-8-22)17-20-16-19-15-18(2)9-14-24(19)28-25(20)30/h9-16,22H,3-8,17H2,1-2H3,(H,27,32)(H,28,30). The van der Waals surface area contributed by atoms with E-state index in [-0.39, 0.29) is 5.56 Å². The van der Waals surface area contributed by atoms with Gasteiger partial charge >= 0.3 is 0 Å². The van der Waals surface area contributed by atoms with Crippen LogP contribution < -0.4 is 15.6 Å². The highest BCUT2D eigenvalue weighted by Crippen LogP contribution is 2.26. The van der Waals surface area contributed by atoms with E-state index in [0.717, 1.165) is 40.7 Å². The maximum Gasteiger partial charge on any atom is 0.253 e. The number of aromatic amines is 1. The van der Waals surface area contributed by atoms with Gasteiger partial charge in [0.15, 0.2) is 5.11 Å². The third kappa shape index (κ3) is 5.30. The molecule has 1 aromatic heterocycles. The van der Waals surface area contributed by atoms with Crippen LogP contribution in [0, 0.1) is 6.92 Å². The number of ether oxygens (including phenoxy) is 1. The molecule has 0 radical (unpaired) electrons. The number of pyridine rings is 1.